The fourth-order valence-electron chi connectivity index (χ4n) is 0.920. The third-order valence-electron chi connectivity index (χ3n) is 1.58. The van der Waals surface area contributed by atoms with Crippen LogP contribution in [0.1, 0.15) is 5.56 Å². The van der Waals surface area contributed by atoms with E-state index in [1.807, 2.05) is 0 Å². The van der Waals surface area contributed by atoms with Gasteiger partial charge in [-0.05, 0) is 22.0 Å². The molecule has 0 aliphatic heterocycles. The highest BCUT2D eigenvalue weighted by molar-refractivity contribution is 9.10. The first-order valence-corrected chi connectivity index (χ1v) is 4.82. The van der Waals surface area contributed by atoms with E-state index >= 15 is 0 Å². The molecule has 6 heteroatoms. The molecule has 14 heavy (non-hydrogen) atoms. The van der Waals surface area contributed by atoms with Crippen molar-refractivity contribution in [1.29, 1.82) is 0 Å². The van der Waals surface area contributed by atoms with Crippen molar-refractivity contribution in [1.82, 2.24) is 5.43 Å². The third kappa shape index (κ3) is 2.83. The summed E-state index contributed by atoms with van der Waals surface area (Å²) in [5.41, 5.74) is 3.30. The van der Waals surface area contributed by atoms with Crippen LogP contribution < -0.4 is 11.3 Å². The van der Waals surface area contributed by atoms with Crippen molar-refractivity contribution in [3.8, 4) is 0 Å². The molecule has 0 radical (unpaired) electrons. The first-order chi connectivity index (χ1) is 6.79. The quantitative estimate of drug-likeness (QED) is 0.278. The number of nitrogens with one attached hydrogen (secondary N) is 1. The Kier molecular flexibility index (Phi) is 4.64. The van der Waals surface area contributed by atoms with Gasteiger partial charge >= 0.3 is 0 Å². The summed E-state index contributed by atoms with van der Waals surface area (Å²) in [5, 5.41) is 0. The van der Waals surface area contributed by atoms with Crippen molar-refractivity contribution in [2.75, 3.05) is 20.3 Å². The van der Waals surface area contributed by atoms with Crippen molar-refractivity contribution in [3.05, 3.63) is 22.6 Å². The molecule has 0 saturated carbocycles. The Morgan fingerprint density at radius 1 is 1.79 bits per heavy atom. The van der Waals surface area contributed by atoms with Crippen LogP contribution in [0.5, 0.6) is 0 Å². The molecule has 0 fully saturated rings. The van der Waals surface area contributed by atoms with Gasteiger partial charge in [0.05, 0.1) is 25.0 Å². The first-order valence-electron chi connectivity index (χ1n) is 4.03. The van der Waals surface area contributed by atoms with Crippen molar-refractivity contribution < 1.29 is 9.15 Å². The molecule has 1 rings (SSSR count). The van der Waals surface area contributed by atoms with E-state index in [0.717, 1.165) is 5.56 Å². The molecule has 0 unspecified atom stereocenters. The number of halogens is 1. The van der Waals surface area contributed by atoms with Gasteiger partial charge in [-0.25, -0.2) is 5.84 Å². The Morgan fingerprint density at radius 2 is 2.57 bits per heavy atom. The first kappa shape index (κ1) is 11.2. The largest absolute Gasteiger partial charge is 0.457 e. The van der Waals surface area contributed by atoms with Crippen molar-refractivity contribution in [3.63, 3.8) is 0 Å². The van der Waals surface area contributed by atoms with Crippen LogP contribution in [0.3, 0.4) is 0 Å². The molecule has 3 N–H and O–H groups in total. The molecule has 0 aromatic carbocycles. The monoisotopic (exact) mass is 261 g/mol. The normalized spacial score (nSPS) is 11.8. The van der Waals surface area contributed by atoms with Crippen LogP contribution in [0.2, 0.25) is 0 Å². The van der Waals surface area contributed by atoms with Gasteiger partial charge in [-0.15, -0.1) is 0 Å². The molecular weight excluding hydrogens is 250 g/mol. The second-order valence-electron chi connectivity index (χ2n) is 2.48. The topological polar surface area (TPSA) is 72.8 Å². The lowest BCUT2D eigenvalue weighted by Gasteiger charge is -2.03. The van der Waals surface area contributed by atoms with Gasteiger partial charge in [-0.3, -0.25) is 4.99 Å². The predicted octanol–water partition coefficient (Wildman–Crippen LogP) is 0.898. The van der Waals surface area contributed by atoms with E-state index in [4.69, 9.17) is 15.0 Å². The lowest BCUT2D eigenvalue weighted by Crippen LogP contribution is -2.31. The summed E-state index contributed by atoms with van der Waals surface area (Å²) in [6.07, 6.45) is 1.56. The standard InChI is InChI=1S/C8H12BrN3O2/c1-13-5-3-11-8(12-10)6-2-4-14-7(6)9/h2,4H,3,5,10H2,1H3,(H,11,12). The molecule has 0 spiro atoms. The Labute approximate surface area is 90.4 Å². The molecule has 1 aromatic heterocycles. The van der Waals surface area contributed by atoms with Crippen molar-refractivity contribution in [2.24, 2.45) is 10.8 Å². The van der Waals surface area contributed by atoms with E-state index in [1.165, 1.54) is 0 Å². The molecule has 5 nitrogen and oxygen atoms in total. The summed E-state index contributed by atoms with van der Waals surface area (Å²) in [5.74, 6) is 5.90. The number of amidine groups is 1. The molecule has 78 valence electrons. The number of rotatable bonds is 4. The summed E-state index contributed by atoms with van der Waals surface area (Å²) >= 11 is 3.24. The van der Waals surface area contributed by atoms with Gasteiger partial charge in [0.2, 0.25) is 0 Å². The smallest absolute Gasteiger partial charge is 0.179 e. The molecule has 0 aliphatic rings. The Bertz CT molecular complexity index is 311. The number of furan rings is 1. The van der Waals surface area contributed by atoms with Crippen LogP contribution in [0.4, 0.5) is 0 Å². The Balaban J connectivity index is 2.71. The zero-order valence-electron chi connectivity index (χ0n) is 7.79. The van der Waals surface area contributed by atoms with Crippen molar-refractivity contribution in [2.45, 2.75) is 0 Å². The Hall–Kier alpha value is -0.850. The number of nitrogens with zero attached hydrogens (tertiary/aromatic N) is 1. The van der Waals surface area contributed by atoms with E-state index in [0.29, 0.717) is 23.7 Å². The highest BCUT2D eigenvalue weighted by Gasteiger charge is 2.08. The average molecular weight is 262 g/mol. The highest BCUT2D eigenvalue weighted by Crippen LogP contribution is 2.17. The molecular formula is C8H12BrN3O2. The molecule has 0 aliphatic carbocycles. The number of hydrogen-bond acceptors (Lipinski definition) is 4. The molecule has 1 aromatic rings. The molecule has 0 atom stereocenters. The van der Waals surface area contributed by atoms with Gasteiger partial charge in [0.25, 0.3) is 0 Å². The minimum Gasteiger partial charge on any atom is -0.457 e. The molecule has 0 amide bonds. The fraction of sp³-hybridized carbons (Fsp3) is 0.375. The number of aliphatic imine (C=N–C) groups is 1. The zero-order chi connectivity index (χ0) is 10.4. The highest BCUT2D eigenvalue weighted by atomic mass is 79.9. The number of hydrazine groups is 1. The molecule has 1 heterocycles. The lowest BCUT2D eigenvalue weighted by molar-refractivity contribution is 0.208. The van der Waals surface area contributed by atoms with E-state index in [-0.39, 0.29) is 0 Å². The zero-order valence-corrected chi connectivity index (χ0v) is 9.37. The third-order valence-corrected chi connectivity index (χ3v) is 2.19. The van der Waals surface area contributed by atoms with Crippen LogP contribution in [0.15, 0.2) is 26.4 Å². The minimum absolute atomic E-state index is 0.549. The van der Waals surface area contributed by atoms with E-state index in [2.05, 4.69) is 26.3 Å². The lowest BCUT2D eigenvalue weighted by atomic mass is 10.3. The van der Waals surface area contributed by atoms with Gasteiger partial charge in [0, 0.05) is 7.11 Å². The SMILES string of the molecule is COCCN=C(NN)c1ccoc1Br. The van der Waals surface area contributed by atoms with Crippen LogP contribution in [0, 0.1) is 0 Å². The summed E-state index contributed by atoms with van der Waals surface area (Å²) in [6, 6.07) is 1.77. The fourth-order valence-corrected chi connectivity index (χ4v) is 1.35. The van der Waals surface area contributed by atoms with Crippen LogP contribution in [-0.2, 0) is 4.74 Å². The van der Waals surface area contributed by atoms with Gasteiger partial charge < -0.3 is 14.6 Å². The van der Waals surface area contributed by atoms with Gasteiger partial charge in [-0.1, -0.05) is 0 Å². The van der Waals surface area contributed by atoms with Gasteiger partial charge in [0.1, 0.15) is 5.84 Å². The van der Waals surface area contributed by atoms with E-state index in [1.54, 1.807) is 19.4 Å². The van der Waals surface area contributed by atoms with E-state index in [9.17, 15) is 0 Å². The maximum absolute atomic E-state index is 5.33. The molecule has 0 saturated heterocycles. The number of nitrogens with two attached hydrogens (primary N) is 1. The Morgan fingerprint density at radius 3 is 3.07 bits per heavy atom. The summed E-state index contributed by atoms with van der Waals surface area (Å²) in [7, 11) is 1.62. The van der Waals surface area contributed by atoms with Gasteiger partial charge in [0.15, 0.2) is 4.67 Å². The second-order valence-corrected chi connectivity index (χ2v) is 3.20. The van der Waals surface area contributed by atoms with Crippen molar-refractivity contribution >= 4 is 21.8 Å². The summed E-state index contributed by atoms with van der Waals surface area (Å²) in [6.45, 7) is 1.11. The van der Waals surface area contributed by atoms with Crippen LogP contribution in [-0.4, -0.2) is 26.1 Å². The maximum atomic E-state index is 5.33. The summed E-state index contributed by atoms with van der Waals surface area (Å²) in [4.78, 5) is 4.20. The maximum Gasteiger partial charge on any atom is 0.179 e. The summed E-state index contributed by atoms with van der Waals surface area (Å²) < 4.78 is 10.5. The minimum atomic E-state index is 0.549. The van der Waals surface area contributed by atoms with Gasteiger partial charge in [-0.2, -0.15) is 0 Å². The second kappa shape index (κ2) is 5.79. The molecule has 0 bridgehead atoms. The van der Waals surface area contributed by atoms with Crippen LogP contribution >= 0.6 is 15.9 Å². The number of hydrogen-bond donors (Lipinski definition) is 2. The number of methoxy groups -OCH3 is 1. The predicted molar refractivity (Wildman–Crippen MR) is 57.0 cm³/mol. The average Bonchev–Trinajstić information content (AvgIpc) is 2.60. The van der Waals surface area contributed by atoms with Crippen LogP contribution in [0.25, 0.3) is 0 Å². The number of ether oxygens (including phenoxy) is 1. The van der Waals surface area contributed by atoms with E-state index < -0.39 is 0 Å².